The average Bonchev–Trinajstić information content (AvgIpc) is 2.11. The molecule has 15 heavy (non-hydrogen) atoms. The highest BCUT2D eigenvalue weighted by atomic mass is 32.3. The van der Waals surface area contributed by atoms with Gasteiger partial charge in [-0.05, 0) is 18.8 Å². The van der Waals surface area contributed by atoms with Gasteiger partial charge in [-0.25, -0.2) is 8.37 Å². The molecule has 0 aliphatic rings. The Morgan fingerprint density at radius 1 is 0.933 bits per heavy atom. The Kier molecular flexibility index (Phi) is 12.0. The lowest BCUT2D eigenvalue weighted by Crippen LogP contribution is -2.11. The van der Waals surface area contributed by atoms with E-state index in [-0.39, 0.29) is 13.2 Å². The zero-order valence-electron chi connectivity index (χ0n) is 10.4. The van der Waals surface area contributed by atoms with Crippen molar-refractivity contribution < 1.29 is 16.8 Å². The summed E-state index contributed by atoms with van der Waals surface area (Å²) in [4.78, 5) is 0. The van der Waals surface area contributed by atoms with Crippen molar-refractivity contribution in [2.75, 3.05) is 13.2 Å². The van der Waals surface area contributed by atoms with Gasteiger partial charge in [-0.1, -0.05) is 34.6 Å². The minimum absolute atomic E-state index is 0.187. The normalized spacial score (nSPS) is 11.1. The van der Waals surface area contributed by atoms with Gasteiger partial charge >= 0.3 is 10.4 Å². The molecule has 0 saturated carbocycles. The van der Waals surface area contributed by atoms with Crippen molar-refractivity contribution in [2.45, 2.75) is 47.5 Å². The van der Waals surface area contributed by atoms with Gasteiger partial charge in [0.05, 0.1) is 13.2 Å². The summed E-state index contributed by atoms with van der Waals surface area (Å²) >= 11 is 0. The Bertz CT molecular complexity index is 193. The van der Waals surface area contributed by atoms with Crippen molar-refractivity contribution in [3.8, 4) is 0 Å². The zero-order valence-corrected chi connectivity index (χ0v) is 11.3. The van der Waals surface area contributed by atoms with E-state index in [0.717, 1.165) is 5.92 Å². The Morgan fingerprint density at radius 2 is 1.20 bits per heavy atom. The third-order valence-electron chi connectivity index (χ3n) is 0.864. The van der Waals surface area contributed by atoms with Crippen molar-refractivity contribution >= 4 is 10.4 Å². The summed E-state index contributed by atoms with van der Waals surface area (Å²) in [5.74, 6) is 0.833. The highest BCUT2D eigenvalue weighted by molar-refractivity contribution is 7.81. The second kappa shape index (κ2) is 10.4. The smallest absolute Gasteiger partial charge is 0.248 e. The van der Waals surface area contributed by atoms with E-state index in [9.17, 15) is 8.42 Å². The fourth-order valence-corrected chi connectivity index (χ4v) is 1.21. The summed E-state index contributed by atoms with van der Waals surface area (Å²) in [6, 6.07) is 0. The van der Waals surface area contributed by atoms with Crippen LogP contribution >= 0.6 is 0 Å². The van der Waals surface area contributed by atoms with Crippen molar-refractivity contribution in [1.82, 2.24) is 0 Å². The largest absolute Gasteiger partial charge is 0.399 e. The van der Waals surface area contributed by atoms with E-state index in [1.807, 2.05) is 13.8 Å². The summed E-state index contributed by atoms with van der Waals surface area (Å²) in [7, 11) is -3.71. The Morgan fingerprint density at radius 3 is 1.40 bits per heavy atom. The van der Waals surface area contributed by atoms with Crippen molar-refractivity contribution in [2.24, 2.45) is 5.92 Å². The Hall–Kier alpha value is -0.130. The van der Waals surface area contributed by atoms with Gasteiger partial charge in [-0.3, -0.25) is 0 Å². The minimum atomic E-state index is -3.71. The molecule has 0 aromatic rings. The first-order valence-electron chi connectivity index (χ1n) is 5.39. The predicted octanol–water partition coefficient (Wildman–Crippen LogP) is 2.75. The molecule has 0 bridgehead atoms. The molecule has 0 amide bonds. The van der Waals surface area contributed by atoms with Crippen LogP contribution in [0.5, 0.6) is 0 Å². The van der Waals surface area contributed by atoms with Gasteiger partial charge in [0.15, 0.2) is 0 Å². The molecule has 0 fully saturated rings. The molecule has 0 aliphatic carbocycles. The van der Waals surface area contributed by atoms with Gasteiger partial charge in [-0.2, -0.15) is 8.42 Å². The Labute approximate surface area is 94.3 Å². The van der Waals surface area contributed by atoms with Gasteiger partial charge in [0.2, 0.25) is 0 Å². The van der Waals surface area contributed by atoms with Crippen LogP contribution in [-0.4, -0.2) is 21.6 Å². The molecule has 0 heterocycles. The summed E-state index contributed by atoms with van der Waals surface area (Å²) in [6.45, 7) is 10.5. The number of hydrogen-bond acceptors (Lipinski definition) is 4. The molecule has 0 aromatic heterocycles. The molecule has 0 unspecified atom stereocenters. The van der Waals surface area contributed by atoms with Gasteiger partial charge in [0, 0.05) is 0 Å². The van der Waals surface area contributed by atoms with Crippen LogP contribution < -0.4 is 0 Å². The Balaban J connectivity index is 0. The maximum absolute atomic E-state index is 10.7. The number of rotatable bonds is 6. The van der Waals surface area contributed by atoms with E-state index in [1.54, 1.807) is 0 Å². The summed E-state index contributed by atoms with van der Waals surface area (Å²) in [5, 5.41) is 0. The monoisotopic (exact) mass is 240 g/mol. The van der Waals surface area contributed by atoms with Crippen molar-refractivity contribution in [1.29, 1.82) is 0 Å². The molecule has 5 heteroatoms. The molecule has 0 N–H and O–H groups in total. The summed E-state index contributed by atoms with van der Waals surface area (Å²) in [5.41, 5.74) is 0. The van der Waals surface area contributed by atoms with E-state index < -0.39 is 10.4 Å². The SMILES string of the molecule is CC(C)C.CCCOS(=O)(=O)OCCC. The van der Waals surface area contributed by atoms with Crippen LogP contribution in [0.3, 0.4) is 0 Å². The lowest BCUT2D eigenvalue weighted by atomic mass is 10.3. The fourth-order valence-electron chi connectivity index (χ4n) is 0.405. The molecule has 0 spiro atoms. The average molecular weight is 240 g/mol. The van der Waals surface area contributed by atoms with Crippen LogP contribution in [0.1, 0.15) is 47.5 Å². The van der Waals surface area contributed by atoms with E-state index in [1.165, 1.54) is 0 Å². The zero-order chi connectivity index (χ0) is 12.3. The van der Waals surface area contributed by atoms with Crippen LogP contribution in [0, 0.1) is 5.92 Å². The molecule has 0 aliphatic heterocycles. The standard InChI is InChI=1S/C6H14O4S.C4H10/c1-3-5-9-11(7,8)10-6-4-2;1-4(2)3/h3-6H2,1-2H3;4H,1-3H3. The molecule has 0 saturated heterocycles. The third-order valence-corrected chi connectivity index (χ3v) is 1.77. The molecule has 94 valence electrons. The van der Waals surface area contributed by atoms with Crippen molar-refractivity contribution in [3.63, 3.8) is 0 Å². The summed E-state index contributed by atoms with van der Waals surface area (Å²) in [6.07, 6.45) is 1.32. The molecule has 0 rings (SSSR count). The van der Waals surface area contributed by atoms with Crippen LogP contribution in [0.4, 0.5) is 0 Å². The molecular formula is C10H24O4S. The molecule has 0 aromatic carbocycles. The van der Waals surface area contributed by atoms with Crippen LogP contribution in [0.15, 0.2) is 0 Å². The molecule has 0 atom stereocenters. The molecule has 0 radical (unpaired) electrons. The quantitative estimate of drug-likeness (QED) is 0.716. The lowest BCUT2D eigenvalue weighted by molar-refractivity contribution is 0.215. The van der Waals surface area contributed by atoms with Crippen LogP contribution in [0.25, 0.3) is 0 Å². The van der Waals surface area contributed by atoms with Crippen LogP contribution in [-0.2, 0) is 18.8 Å². The second-order valence-corrected chi connectivity index (χ2v) is 5.07. The van der Waals surface area contributed by atoms with E-state index in [4.69, 9.17) is 0 Å². The van der Waals surface area contributed by atoms with Gasteiger partial charge < -0.3 is 0 Å². The van der Waals surface area contributed by atoms with Gasteiger partial charge in [0.1, 0.15) is 0 Å². The van der Waals surface area contributed by atoms with Gasteiger partial charge in [-0.15, -0.1) is 0 Å². The lowest BCUT2D eigenvalue weighted by Gasteiger charge is -2.02. The first-order chi connectivity index (χ1) is 6.85. The summed E-state index contributed by atoms with van der Waals surface area (Å²) < 4.78 is 30.3. The maximum atomic E-state index is 10.7. The van der Waals surface area contributed by atoms with E-state index in [2.05, 4.69) is 29.1 Å². The fraction of sp³-hybridized carbons (Fsp3) is 1.00. The van der Waals surface area contributed by atoms with Crippen LogP contribution in [0.2, 0.25) is 0 Å². The molecule has 4 nitrogen and oxygen atoms in total. The third kappa shape index (κ3) is 20.1. The highest BCUT2D eigenvalue weighted by Crippen LogP contribution is 1.97. The minimum Gasteiger partial charge on any atom is -0.248 e. The van der Waals surface area contributed by atoms with Crippen molar-refractivity contribution in [3.05, 3.63) is 0 Å². The van der Waals surface area contributed by atoms with Gasteiger partial charge in [0.25, 0.3) is 0 Å². The van der Waals surface area contributed by atoms with E-state index in [0.29, 0.717) is 12.8 Å². The first kappa shape index (κ1) is 17.3. The first-order valence-corrected chi connectivity index (χ1v) is 6.72. The van der Waals surface area contributed by atoms with E-state index >= 15 is 0 Å². The topological polar surface area (TPSA) is 52.6 Å². The number of hydrogen-bond donors (Lipinski definition) is 0. The highest BCUT2D eigenvalue weighted by Gasteiger charge is 2.09. The molecular weight excluding hydrogens is 216 g/mol. The predicted molar refractivity (Wildman–Crippen MR) is 61.9 cm³/mol. The second-order valence-electron chi connectivity index (χ2n) is 3.78. The maximum Gasteiger partial charge on any atom is 0.399 e.